The quantitative estimate of drug-likeness (QED) is 0.117. The first-order valence-electron chi connectivity index (χ1n) is 46.1. The van der Waals surface area contributed by atoms with Gasteiger partial charge in [0.05, 0.1) is 44.5 Å². The summed E-state index contributed by atoms with van der Waals surface area (Å²) in [4.78, 5) is 92.5. The summed E-state index contributed by atoms with van der Waals surface area (Å²) in [6.07, 6.45) is 19.9. The third-order valence-electron chi connectivity index (χ3n) is 24.5. The summed E-state index contributed by atoms with van der Waals surface area (Å²) in [6, 6.07) is 5.30. The van der Waals surface area contributed by atoms with Gasteiger partial charge in [0.25, 0.3) is 0 Å². The third-order valence-corrected chi connectivity index (χ3v) is 24.5. The number of rotatable bonds is 9. The Hall–Kier alpha value is -6.80. The molecule has 0 aromatic carbocycles. The van der Waals surface area contributed by atoms with E-state index >= 15 is 0 Å². The monoisotopic (exact) mass is 1740 g/mol. The molecule has 9 aliphatic rings. The molecule has 13 rings (SSSR count). The van der Waals surface area contributed by atoms with Gasteiger partial charge >= 0.3 is 11.9 Å². The molecular weight excluding hydrogens is 1570 g/mol. The van der Waals surface area contributed by atoms with Gasteiger partial charge in [-0.15, -0.1) is 5.10 Å². The zero-order valence-corrected chi connectivity index (χ0v) is 83.7. The minimum Gasteiger partial charge on any atom is -0.481 e. The molecule has 0 aliphatic carbocycles. The minimum absolute atomic E-state index is 0. The van der Waals surface area contributed by atoms with Gasteiger partial charge in [0, 0.05) is 277 Å². The van der Waals surface area contributed by atoms with Crippen LogP contribution in [0.2, 0.25) is 0 Å². The smallest absolute Gasteiger partial charge is 0.306 e. The van der Waals surface area contributed by atoms with E-state index in [9.17, 15) is 19.2 Å². The molecule has 6 saturated heterocycles. The van der Waals surface area contributed by atoms with E-state index in [0.29, 0.717) is 25.0 Å². The molecule has 4 aromatic heterocycles. The van der Waals surface area contributed by atoms with Crippen LogP contribution in [0.3, 0.4) is 0 Å². The number of fused-ring (bicyclic) bond motifs is 5. The van der Waals surface area contributed by atoms with Crippen molar-refractivity contribution in [2.45, 2.75) is 301 Å². The van der Waals surface area contributed by atoms with Crippen LogP contribution in [0.1, 0.15) is 233 Å². The number of ether oxygens (including phenoxy) is 2. The molecule has 125 heavy (non-hydrogen) atoms. The molecule has 2 unspecified atom stereocenters. The Balaban J connectivity index is 0.000000253. The Bertz CT molecular complexity index is 3800. The highest BCUT2D eigenvalue weighted by Crippen LogP contribution is 2.30. The van der Waals surface area contributed by atoms with Gasteiger partial charge in [-0.05, 0) is 252 Å². The van der Waals surface area contributed by atoms with Crippen LogP contribution >= 0.6 is 0 Å². The average molecular weight is 1750 g/mol. The molecule has 0 bridgehead atoms. The van der Waals surface area contributed by atoms with Gasteiger partial charge in [-0.2, -0.15) is 0 Å². The van der Waals surface area contributed by atoms with E-state index in [1.54, 1.807) is 19.6 Å². The Morgan fingerprint density at radius 2 is 0.864 bits per heavy atom. The molecule has 0 saturated carbocycles. The first-order chi connectivity index (χ1) is 57.9. The maximum absolute atomic E-state index is 11.7. The van der Waals surface area contributed by atoms with Crippen LogP contribution < -0.4 is 10.5 Å². The van der Waals surface area contributed by atoms with Gasteiger partial charge in [-0.25, -0.2) is 19.6 Å². The summed E-state index contributed by atoms with van der Waals surface area (Å²) in [5, 5.41) is 16.1. The van der Waals surface area contributed by atoms with Crippen LogP contribution in [-0.4, -0.2) is 362 Å². The van der Waals surface area contributed by atoms with E-state index in [2.05, 4.69) is 276 Å². The van der Waals surface area contributed by atoms with Crippen molar-refractivity contribution in [2.24, 2.45) is 5.73 Å². The largest absolute Gasteiger partial charge is 0.481 e. The first kappa shape index (κ1) is 109. The predicted molar refractivity (Wildman–Crippen MR) is 509 cm³/mol. The highest BCUT2D eigenvalue weighted by Gasteiger charge is 2.39. The normalized spacial score (nSPS) is 20.2. The second-order valence-corrected chi connectivity index (χ2v) is 43.6. The van der Waals surface area contributed by atoms with Crippen molar-refractivity contribution in [3.63, 3.8) is 0 Å². The lowest BCUT2D eigenvalue weighted by atomic mass is 9.96. The molecule has 3 N–H and O–H groups in total. The summed E-state index contributed by atoms with van der Waals surface area (Å²) < 4.78 is 11.7. The number of aliphatic carboxylic acids is 1. The molecule has 4 aromatic rings. The summed E-state index contributed by atoms with van der Waals surface area (Å²) in [5.74, 6) is 0.0382. The molecular formula is C97H173N21O7. The summed E-state index contributed by atoms with van der Waals surface area (Å²) >= 11 is 0. The van der Waals surface area contributed by atoms with E-state index in [0.717, 1.165) is 182 Å². The molecule has 0 spiro atoms. The molecule has 9 aliphatic heterocycles. The Morgan fingerprint density at radius 3 is 1.33 bits per heavy atom. The first-order valence-corrected chi connectivity index (χ1v) is 46.1. The number of aromatic nitrogens is 7. The van der Waals surface area contributed by atoms with E-state index in [4.69, 9.17) is 20.3 Å². The number of hydrogen-bond acceptors (Lipinski definition) is 24. The summed E-state index contributed by atoms with van der Waals surface area (Å²) in [7, 11) is 3.13. The Labute approximate surface area is 756 Å². The summed E-state index contributed by atoms with van der Waals surface area (Å²) in [6.45, 7) is 94.8. The van der Waals surface area contributed by atoms with Crippen LogP contribution in [0.4, 0.5) is 0 Å². The topological polar surface area (TPSA) is 257 Å². The van der Waals surface area contributed by atoms with Crippen molar-refractivity contribution >= 4 is 23.8 Å². The van der Waals surface area contributed by atoms with Crippen LogP contribution in [0.25, 0.3) is 0 Å². The highest BCUT2D eigenvalue weighted by atomic mass is 16.5. The fourth-order valence-corrected chi connectivity index (χ4v) is 16.1. The third kappa shape index (κ3) is 38.8. The highest BCUT2D eigenvalue weighted by molar-refractivity contribution is 5.87. The number of nitrogens with zero attached hydrogens (tertiary/aromatic N) is 20. The fraction of sp³-hybridized carbons (Fsp3) is 0.753. The van der Waals surface area contributed by atoms with Gasteiger partial charge in [0.2, 0.25) is 17.7 Å². The maximum Gasteiger partial charge on any atom is 0.306 e. The average Bonchev–Trinajstić information content (AvgIpc) is 1.23. The number of methoxy groups -OCH3 is 2. The maximum atomic E-state index is 11.7. The number of hydrogen-bond donors (Lipinski definition) is 2. The predicted octanol–water partition coefficient (Wildman–Crippen LogP) is 11.3. The van der Waals surface area contributed by atoms with Crippen molar-refractivity contribution in [3.05, 3.63) is 114 Å². The molecule has 2 amide bonds. The number of amides is 2. The van der Waals surface area contributed by atoms with Crippen molar-refractivity contribution in [1.29, 1.82) is 0 Å². The van der Waals surface area contributed by atoms with E-state index in [1.165, 1.54) is 72.4 Å². The standard InChI is InChI=1S/C15H29N3O2.C14H25N3O.C13H20N2O.C12H18N2.C11H17N3.C11H22N2O2.C11H20N2O.C6H11N3.C4H11N/c1-15(2,3)18-10-9-17-8-7-16(11-13(17)12-18)6-5-14(19)20-4;1-5-13(18)16-7-6-15-8-9-17(14(2,3)4)11-12(15)10-16;1-13(2,3)15-6-5-10-8-14-12(16-4)7-11(10)9-15;1-12(2,3)14-7-5-10-4-6-13-8-11(10)9-14;1-11(2,3)14-5-4-9-6-12-8-13-10(9)7-14;1-11(2,3)13-8-6-12(7-9-13)5-4-10(14)15;1-5-10(14)12-6-8-13(9-7-12)11(2,3)4;1-6(2,3)9-5-4-7-8-9;1-4(2,3)5/h13H,5-12H2,1-4H3;5,12H,1,6-11H2,2-4H3;7-8H,5-6,9H2,1-4H3;4,6,8H,5,7,9H2,1-3H3;6,8H,4-5,7H2,1-3H3;4-9H2,1-3H3,(H,14,15);5H,1,6-9H2,2-4H3;4-5H,1-3H3;5H2,1-3H3. The van der Waals surface area contributed by atoms with Crippen LogP contribution in [0, 0.1) is 0 Å². The van der Waals surface area contributed by atoms with E-state index in [-0.39, 0.29) is 74.1 Å². The number of carbonyl (C=O) groups excluding carboxylic acids is 3. The van der Waals surface area contributed by atoms with Crippen LogP contribution in [0.15, 0.2) is 81.0 Å². The number of nitrogens with two attached hydrogens (primary N) is 1. The number of pyridine rings is 2. The SMILES string of the molecule is C=CC(=O)N1CCN(C(C)(C)C)CC1.C=CC(=O)N1CCN2CCN(C(C)(C)C)CC2C1.CC(C)(C)N.CC(C)(C)N1CCN(CCC(=O)O)CC1.CC(C)(C)N1CCc2ccncc2C1.CC(C)(C)N1CCc2cncnc2C1.CC(C)(C)n1ccnn1.COC(=O)CCN1CCN2CCN(C(C)(C)C)CC2C1.COc1cc2c(cn1)CCN(C(C)(C)C)C2. The van der Waals surface area contributed by atoms with Crippen molar-refractivity contribution < 1.29 is 33.8 Å². The molecule has 708 valence electrons. The molecule has 2 atom stereocenters. The van der Waals surface area contributed by atoms with E-state index in [1.807, 2.05) is 66.2 Å². The second-order valence-electron chi connectivity index (χ2n) is 43.6. The molecule has 0 radical (unpaired) electrons. The fourth-order valence-electron chi connectivity index (χ4n) is 16.1. The van der Waals surface area contributed by atoms with Gasteiger partial charge < -0.3 is 35.0 Å². The molecule has 6 fully saturated rings. The zero-order chi connectivity index (χ0) is 93.9. The van der Waals surface area contributed by atoms with Gasteiger partial charge in [0.1, 0.15) is 6.33 Å². The lowest BCUT2D eigenvalue weighted by Crippen LogP contribution is -2.65. The van der Waals surface area contributed by atoms with E-state index < -0.39 is 5.97 Å². The van der Waals surface area contributed by atoms with Gasteiger partial charge in [-0.3, -0.25) is 73.2 Å². The zero-order valence-electron chi connectivity index (χ0n) is 83.7. The number of esters is 1. The Morgan fingerprint density at radius 1 is 0.440 bits per heavy atom. The molecule has 28 heteroatoms. The molecule has 28 nitrogen and oxygen atoms in total. The van der Waals surface area contributed by atoms with Gasteiger partial charge in [-0.1, -0.05) is 18.4 Å². The number of carbonyl (C=O) groups is 4. The second kappa shape index (κ2) is 48.7. The van der Waals surface area contributed by atoms with Crippen molar-refractivity contribution in [1.82, 2.24) is 98.6 Å². The Kier molecular flexibility index (Phi) is 42.4. The minimum atomic E-state index is -0.701. The van der Waals surface area contributed by atoms with Crippen LogP contribution in [-0.2, 0) is 68.4 Å². The van der Waals surface area contributed by atoms with Crippen molar-refractivity contribution in [3.8, 4) is 5.88 Å². The lowest BCUT2D eigenvalue weighted by molar-refractivity contribution is -0.141. The number of carboxylic acids is 1. The molecule has 13 heterocycles. The number of carboxylic acid groups (broad SMARTS) is 1. The van der Waals surface area contributed by atoms with Crippen molar-refractivity contribution in [2.75, 3.05) is 178 Å². The number of piperazine rings is 6. The van der Waals surface area contributed by atoms with Crippen LogP contribution in [0.5, 0.6) is 5.88 Å². The summed E-state index contributed by atoms with van der Waals surface area (Å²) in [5.41, 5.74) is 15.2. The lowest BCUT2D eigenvalue weighted by Gasteiger charge is -2.50. The van der Waals surface area contributed by atoms with Gasteiger partial charge in [0.15, 0.2) is 0 Å².